The summed E-state index contributed by atoms with van der Waals surface area (Å²) in [5.41, 5.74) is 0.864. The molecule has 1 aliphatic rings. The molecule has 21 heavy (non-hydrogen) atoms. The maximum absolute atomic E-state index is 12.4. The molecule has 2 atom stereocenters. The highest BCUT2D eigenvalue weighted by Gasteiger charge is 2.42. The first-order valence-electron chi connectivity index (χ1n) is 6.79. The van der Waals surface area contributed by atoms with Gasteiger partial charge in [0.05, 0.1) is 17.6 Å². The number of hydrogen-bond acceptors (Lipinski definition) is 4. The largest absolute Gasteiger partial charge is 0.480 e. The van der Waals surface area contributed by atoms with Gasteiger partial charge in [0.1, 0.15) is 6.04 Å². The summed E-state index contributed by atoms with van der Waals surface area (Å²) in [5, 5.41) is 16.0. The number of carbonyl (C=O) groups is 2. The SMILES string of the molecule is CC(C)C1SCC(C(=O)O)N1C(=O)NCc1ccnn1C. The fraction of sp³-hybridized carbons (Fsp3) is 0.615. The van der Waals surface area contributed by atoms with Gasteiger partial charge in [-0.1, -0.05) is 13.8 Å². The highest BCUT2D eigenvalue weighted by molar-refractivity contribution is 8.00. The Kier molecular flexibility index (Phi) is 4.76. The second kappa shape index (κ2) is 6.38. The summed E-state index contributed by atoms with van der Waals surface area (Å²) in [7, 11) is 1.80. The van der Waals surface area contributed by atoms with Crippen LogP contribution in [0.15, 0.2) is 12.3 Å². The number of nitrogens with one attached hydrogen (secondary N) is 1. The highest BCUT2D eigenvalue weighted by Crippen LogP contribution is 2.34. The first kappa shape index (κ1) is 15.7. The zero-order valence-electron chi connectivity index (χ0n) is 12.3. The second-order valence-electron chi connectivity index (χ2n) is 5.33. The van der Waals surface area contributed by atoms with Gasteiger partial charge in [0.2, 0.25) is 0 Å². The van der Waals surface area contributed by atoms with E-state index in [0.717, 1.165) is 5.69 Å². The van der Waals surface area contributed by atoms with Crippen LogP contribution in [0.1, 0.15) is 19.5 Å². The maximum Gasteiger partial charge on any atom is 0.327 e. The van der Waals surface area contributed by atoms with Crippen LogP contribution in [0, 0.1) is 5.92 Å². The molecule has 1 saturated heterocycles. The van der Waals surface area contributed by atoms with E-state index in [1.807, 2.05) is 19.9 Å². The number of carboxylic acid groups (broad SMARTS) is 1. The third-order valence-corrected chi connectivity index (χ3v) is 5.09. The average Bonchev–Trinajstić information content (AvgIpc) is 3.02. The lowest BCUT2D eigenvalue weighted by atomic mass is 10.2. The van der Waals surface area contributed by atoms with Crippen LogP contribution in [-0.4, -0.2) is 49.0 Å². The molecule has 0 aliphatic carbocycles. The first-order valence-corrected chi connectivity index (χ1v) is 7.84. The van der Waals surface area contributed by atoms with Crippen LogP contribution in [0.2, 0.25) is 0 Å². The molecular formula is C13H20N4O3S. The van der Waals surface area contributed by atoms with Crippen LogP contribution in [0.3, 0.4) is 0 Å². The van der Waals surface area contributed by atoms with Gasteiger partial charge in [0.15, 0.2) is 0 Å². The second-order valence-corrected chi connectivity index (χ2v) is 6.48. The van der Waals surface area contributed by atoms with Crippen molar-refractivity contribution in [2.75, 3.05) is 5.75 Å². The molecule has 2 rings (SSSR count). The summed E-state index contributed by atoms with van der Waals surface area (Å²) in [6, 6.07) is 0.703. The van der Waals surface area contributed by atoms with Crippen molar-refractivity contribution >= 4 is 23.8 Å². The van der Waals surface area contributed by atoms with Gasteiger partial charge in [0.25, 0.3) is 0 Å². The van der Waals surface area contributed by atoms with E-state index < -0.39 is 12.0 Å². The lowest BCUT2D eigenvalue weighted by Crippen LogP contribution is -2.51. The Morgan fingerprint density at radius 2 is 2.29 bits per heavy atom. The fourth-order valence-electron chi connectivity index (χ4n) is 2.32. The van der Waals surface area contributed by atoms with Gasteiger partial charge in [-0.2, -0.15) is 5.10 Å². The first-order chi connectivity index (χ1) is 9.91. The Balaban J connectivity index is 2.06. The van der Waals surface area contributed by atoms with Crippen molar-refractivity contribution in [1.82, 2.24) is 20.0 Å². The number of thioether (sulfide) groups is 1. The molecule has 1 aromatic rings. The van der Waals surface area contributed by atoms with E-state index >= 15 is 0 Å². The Morgan fingerprint density at radius 1 is 1.57 bits per heavy atom. The Bertz CT molecular complexity index is 531. The molecule has 1 fully saturated rings. The van der Waals surface area contributed by atoms with Crippen molar-refractivity contribution in [2.45, 2.75) is 31.8 Å². The fourth-order valence-corrected chi connectivity index (χ4v) is 3.79. The lowest BCUT2D eigenvalue weighted by Gasteiger charge is -2.29. The molecule has 1 aliphatic heterocycles. The van der Waals surface area contributed by atoms with E-state index in [1.165, 1.54) is 16.7 Å². The summed E-state index contributed by atoms with van der Waals surface area (Å²) in [6.07, 6.45) is 1.66. The van der Waals surface area contributed by atoms with Crippen LogP contribution in [0.5, 0.6) is 0 Å². The zero-order chi connectivity index (χ0) is 15.6. The molecule has 2 N–H and O–H groups in total. The zero-order valence-corrected chi connectivity index (χ0v) is 13.1. The van der Waals surface area contributed by atoms with Crippen molar-refractivity contribution in [1.29, 1.82) is 0 Å². The number of rotatable bonds is 4. The summed E-state index contributed by atoms with van der Waals surface area (Å²) in [4.78, 5) is 25.2. The minimum atomic E-state index is -0.957. The molecule has 116 valence electrons. The number of nitrogens with zero attached hydrogens (tertiary/aromatic N) is 3. The molecule has 2 unspecified atom stereocenters. The number of amides is 2. The van der Waals surface area contributed by atoms with E-state index in [-0.39, 0.29) is 17.3 Å². The van der Waals surface area contributed by atoms with E-state index in [1.54, 1.807) is 17.9 Å². The molecule has 0 saturated carbocycles. The smallest absolute Gasteiger partial charge is 0.327 e. The van der Waals surface area contributed by atoms with Gasteiger partial charge in [-0.3, -0.25) is 9.58 Å². The monoisotopic (exact) mass is 312 g/mol. The summed E-state index contributed by atoms with van der Waals surface area (Å²) in [6.45, 7) is 4.31. The number of urea groups is 1. The molecule has 0 bridgehead atoms. The predicted octanol–water partition coefficient (Wildman–Crippen LogP) is 1.11. The van der Waals surface area contributed by atoms with Crippen molar-refractivity contribution in [3.05, 3.63) is 18.0 Å². The number of carbonyl (C=O) groups excluding carboxylic acids is 1. The van der Waals surface area contributed by atoms with E-state index in [9.17, 15) is 14.7 Å². The Morgan fingerprint density at radius 3 is 2.81 bits per heavy atom. The Hall–Kier alpha value is -1.70. The van der Waals surface area contributed by atoms with Gasteiger partial charge < -0.3 is 10.4 Å². The lowest BCUT2D eigenvalue weighted by molar-refractivity contribution is -0.141. The molecule has 8 heteroatoms. The summed E-state index contributed by atoms with van der Waals surface area (Å²) >= 11 is 1.52. The van der Waals surface area contributed by atoms with E-state index in [2.05, 4.69) is 10.4 Å². The number of aliphatic carboxylic acids is 1. The van der Waals surface area contributed by atoms with Crippen LogP contribution < -0.4 is 5.32 Å². The normalized spacial score (nSPS) is 21.8. The molecular weight excluding hydrogens is 292 g/mol. The standard InChI is InChI=1S/C13H20N4O3S/c1-8(2)11-17(10(7-21-11)12(18)19)13(20)14-6-9-4-5-15-16(9)3/h4-5,8,10-11H,6-7H2,1-3H3,(H,14,20)(H,18,19). The van der Waals surface area contributed by atoms with Crippen LogP contribution >= 0.6 is 11.8 Å². The molecule has 1 aromatic heterocycles. The van der Waals surface area contributed by atoms with Crippen molar-refractivity contribution in [3.63, 3.8) is 0 Å². The van der Waals surface area contributed by atoms with Gasteiger partial charge in [-0.05, 0) is 12.0 Å². The molecule has 7 nitrogen and oxygen atoms in total. The molecule has 0 radical (unpaired) electrons. The number of carboxylic acids is 1. The minimum absolute atomic E-state index is 0.113. The molecule has 2 heterocycles. The van der Waals surface area contributed by atoms with E-state index in [0.29, 0.717) is 12.3 Å². The average molecular weight is 312 g/mol. The van der Waals surface area contributed by atoms with Crippen molar-refractivity contribution in [3.8, 4) is 0 Å². The number of aryl methyl sites for hydroxylation is 1. The highest BCUT2D eigenvalue weighted by atomic mass is 32.2. The maximum atomic E-state index is 12.4. The predicted molar refractivity (Wildman–Crippen MR) is 79.8 cm³/mol. The van der Waals surface area contributed by atoms with Crippen LogP contribution in [-0.2, 0) is 18.4 Å². The number of hydrogen-bond donors (Lipinski definition) is 2. The third kappa shape index (κ3) is 3.31. The quantitative estimate of drug-likeness (QED) is 0.870. The summed E-state index contributed by atoms with van der Waals surface area (Å²) in [5.74, 6) is -0.333. The number of aromatic nitrogens is 2. The molecule has 0 aromatic carbocycles. The van der Waals surface area contributed by atoms with Gasteiger partial charge in [0, 0.05) is 19.0 Å². The van der Waals surface area contributed by atoms with Gasteiger partial charge in [-0.25, -0.2) is 9.59 Å². The van der Waals surface area contributed by atoms with Crippen LogP contribution in [0.25, 0.3) is 0 Å². The molecule has 0 spiro atoms. The van der Waals surface area contributed by atoms with E-state index in [4.69, 9.17) is 0 Å². The van der Waals surface area contributed by atoms with Gasteiger partial charge in [-0.15, -0.1) is 11.8 Å². The van der Waals surface area contributed by atoms with Crippen molar-refractivity contribution in [2.24, 2.45) is 13.0 Å². The Labute approximate surface area is 127 Å². The topological polar surface area (TPSA) is 87.5 Å². The minimum Gasteiger partial charge on any atom is -0.480 e. The van der Waals surface area contributed by atoms with Gasteiger partial charge >= 0.3 is 12.0 Å². The van der Waals surface area contributed by atoms with Crippen molar-refractivity contribution < 1.29 is 14.7 Å². The van der Waals surface area contributed by atoms with Crippen LogP contribution in [0.4, 0.5) is 4.79 Å². The molecule has 2 amide bonds. The summed E-state index contributed by atoms with van der Waals surface area (Å²) < 4.78 is 1.67. The third-order valence-electron chi connectivity index (χ3n) is 3.47.